The van der Waals surface area contributed by atoms with Crippen molar-refractivity contribution in [1.29, 1.82) is 0 Å². The fraction of sp³-hybridized carbons (Fsp3) is 0.238. The van der Waals surface area contributed by atoms with E-state index >= 15 is 0 Å². The molecule has 1 N–H and O–H groups in total. The van der Waals surface area contributed by atoms with Gasteiger partial charge in [0.05, 0.1) is 0 Å². The Kier molecular flexibility index (Phi) is 5.07. The number of amides is 1. The number of para-hydroxylation sites is 1. The molecule has 0 aliphatic carbocycles. The van der Waals surface area contributed by atoms with Gasteiger partial charge < -0.3 is 14.6 Å². The van der Waals surface area contributed by atoms with E-state index in [2.05, 4.69) is 28.9 Å². The number of hydrogen-bond acceptors (Lipinski definition) is 3. The van der Waals surface area contributed by atoms with Gasteiger partial charge >= 0.3 is 5.97 Å². The van der Waals surface area contributed by atoms with Gasteiger partial charge in [-0.05, 0) is 45.0 Å². The van der Waals surface area contributed by atoms with Crippen LogP contribution >= 0.6 is 0 Å². The van der Waals surface area contributed by atoms with Crippen molar-refractivity contribution in [1.82, 2.24) is 4.57 Å². The minimum Gasteiger partial charge on any atom is -0.449 e. The lowest BCUT2D eigenvalue weighted by Gasteiger charge is -2.12. The molecule has 26 heavy (non-hydrogen) atoms. The Labute approximate surface area is 152 Å². The molecule has 0 bridgehead atoms. The molecule has 2 aromatic carbocycles. The largest absolute Gasteiger partial charge is 0.449 e. The van der Waals surface area contributed by atoms with Crippen LogP contribution in [0.25, 0.3) is 21.8 Å². The number of carbonyl (C=O) groups is 2. The van der Waals surface area contributed by atoms with Gasteiger partial charge in [-0.3, -0.25) is 4.79 Å². The number of fused-ring (bicyclic) bond motifs is 3. The number of benzene rings is 2. The highest BCUT2D eigenvalue weighted by Crippen LogP contribution is 2.31. The second-order valence-corrected chi connectivity index (χ2v) is 6.06. The number of aryl methyl sites for hydroxylation is 1. The van der Waals surface area contributed by atoms with E-state index < -0.39 is 12.1 Å². The van der Waals surface area contributed by atoms with Crippen LogP contribution in [-0.2, 0) is 20.9 Å². The third kappa shape index (κ3) is 3.33. The van der Waals surface area contributed by atoms with E-state index in [0.29, 0.717) is 5.69 Å². The lowest BCUT2D eigenvalue weighted by molar-refractivity contribution is -0.148. The molecule has 1 unspecified atom stereocenters. The molecule has 0 spiro atoms. The number of nitrogens with zero attached hydrogens (tertiary/aromatic N) is 1. The van der Waals surface area contributed by atoms with Crippen molar-refractivity contribution < 1.29 is 14.3 Å². The third-order valence-electron chi connectivity index (χ3n) is 4.32. The van der Waals surface area contributed by atoms with Crippen molar-refractivity contribution in [3.05, 3.63) is 54.6 Å². The standard InChI is InChI=1S/C21H22N2O3/c1-4-8-20(24)26-14(3)21(25)22-15-11-12-19-17(13-15)16-9-6-7-10-18(16)23(19)5-2/h4,6-14H,5H2,1-3H3,(H,22,25)/b8-4+. The summed E-state index contributed by atoms with van der Waals surface area (Å²) in [5, 5.41) is 5.05. The second-order valence-electron chi connectivity index (χ2n) is 6.06. The summed E-state index contributed by atoms with van der Waals surface area (Å²) in [6.45, 7) is 6.25. The van der Waals surface area contributed by atoms with Gasteiger partial charge in [0.2, 0.25) is 0 Å². The number of hydrogen-bond donors (Lipinski definition) is 1. The zero-order valence-corrected chi connectivity index (χ0v) is 15.2. The van der Waals surface area contributed by atoms with Gasteiger partial charge in [-0.25, -0.2) is 4.79 Å². The zero-order valence-electron chi connectivity index (χ0n) is 15.2. The molecule has 5 heteroatoms. The van der Waals surface area contributed by atoms with Gasteiger partial charge in [0, 0.05) is 40.1 Å². The highest BCUT2D eigenvalue weighted by atomic mass is 16.5. The Balaban J connectivity index is 1.89. The Morgan fingerprint density at radius 1 is 1.15 bits per heavy atom. The fourth-order valence-corrected chi connectivity index (χ4v) is 3.12. The first-order valence-electron chi connectivity index (χ1n) is 8.70. The summed E-state index contributed by atoms with van der Waals surface area (Å²) in [5.41, 5.74) is 2.97. The van der Waals surface area contributed by atoms with Crippen LogP contribution in [0.15, 0.2) is 54.6 Å². The molecule has 5 nitrogen and oxygen atoms in total. The maximum Gasteiger partial charge on any atom is 0.331 e. The number of esters is 1. The first-order chi connectivity index (χ1) is 12.5. The zero-order chi connectivity index (χ0) is 18.7. The topological polar surface area (TPSA) is 60.3 Å². The number of rotatable bonds is 5. The molecular weight excluding hydrogens is 328 g/mol. The van der Waals surface area contributed by atoms with Crippen LogP contribution in [-0.4, -0.2) is 22.5 Å². The highest BCUT2D eigenvalue weighted by Gasteiger charge is 2.17. The average molecular weight is 350 g/mol. The summed E-state index contributed by atoms with van der Waals surface area (Å²) in [6.07, 6.45) is 1.99. The third-order valence-corrected chi connectivity index (χ3v) is 4.32. The van der Waals surface area contributed by atoms with Gasteiger partial charge in [-0.15, -0.1) is 0 Å². The summed E-state index contributed by atoms with van der Waals surface area (Å²) in [6, 6.07) is 14.0. The van der Waals surface area contributed by atoms with Gasteiger partial charge in [0.1, 0.15) is 0 Å². The Morgan fingerprint density at radius 3 is 2.62 bits per heavy atom. The molecule has 1 heterocycles. The molecule has 0 fully saturated rings. The van der Waals surface area contributed by atoms with Gasteiger partial charge in [-0.1, -0.05) is 24.3 Å². The fourth-order valence-electron chi connectivity index (χ4n) is 3.12. The molecule has 1 amide bonds. The monoisotopic (exact) mass is 350 g/mol. The van der Waals surface area contributed by atoms with Crippen molar-refractivity contribution in [3.63, 3.8) is 0 Å². The number of carbonyl (C=O) groups excluding carboxylic acids is 2. The van der Waals surface area contributed by atoms with E-state index in [1.807, 2.05) is 30.3 Å². The van der Waals surface area contributed by atoms with Gasteiger partial charge in [0.25, 0.3) is 5.91 Å². The molecule has 3 rings (SSSR count). The lowest BCUT2D eigenvalue weighted by atomic mass is 10.1. The molecule has 134 valence electrons. The Bertz CT molecular complexity index is 1000. The molecule has 0 radical (unpaired) electrons. The maximum absolute atomic E-state index is 12.3. The molecule has 1 atom stereocenters. The van der Waals surface area contributed by atoms with E-state index in [1.54, 1.807) is 19.9 Å². The van der Waals surface area contributed by atoms with Crippen LogP contribution < -0.4 is 5.32 Å². The number of aromatic nitrogens is 1. The van der Waals surface area contributed by atoms with Crippen molar-refractivity contribution in [3.8, 4) is 0 Å². The van der Waals surface area contributed by atoms with Crippen molar-refractivity contribution >= 4 is 39.4 Å². The lowest BCUT2D eigenvalue weighted by Crippen LogP contribution is -2.29. The summed E-state index contributed by atoms with van der Waals surface area (Å²) >= 11 is 0. The van der Waals surface area contributed by atoms with Crippen LogP contribution in [0.4, 0.5) is 5.69 Å². The van der Waals surface area contributed by atoms with Crippen LogP contribution in [0, 0.1) is 0 Å². The van der Waals surface area contributed by atoms with Crippen LogP contribution in [0.5, 0.6) is 0 Å². The van der Waals surface area contributed by atoms with Gasteiger partial charge in [0.15, 0.2) is 6.10 Å². The minimum atomic E-state index is -0.869. The Hall–Kier alpha value is -3.08. The predicted octanol–water partition coefficient (Wildman–Crippen LogP) is 4.26. The highest BCUT2D eigenvalue weighted by molar-refractivity contribution is 6.10. The number of nitrogens with one attached hydrogen (secondary N) is 1. The van der Waals surface area contributed by atoms with Crippen LogP contribution in [0.2, 0.25) is 0 Å². The number of ether oxygens (including phenoxy) is 1. The first-order valence-corrected chi connectivity index (χ1v) is 8.70. The van der Waals surface area contributed by atoms with Crippen molar-refractivity contribution in [2.75, 3.05) is 5.32 Å². The molecule has 0 saturated carbocycles. The summed E-state index contributed by atoms with van der Waals surface area (Å²) < 4.78 is 7.31. The summed E-state index contributed by atoms with van der Waals surface area (Å²) in [5.74, 6) is -0.891. The SMILES string of the molecule is C/C=C/C(=O)OC(C)C(=O)Nc1ccc2c(c1)c1ccccc1n2CC. The average Bonchev–Trinajstić information content (AvgIpc) is 2.95. The number of allylic oxidation sites excluding steroid dienone is 1. The van der Waals surface area contributed by atoms with Crippen molar-refractivity contribution in [2.24, 2.45) is 0 Å². The van der Waals surface area contributed by atoms with Crippen molar-refractivity contribution in [2.45, 2.75) is 33.4 Å². The molecule has 3 aromatic rings. The number of anilines is 1. The van der Waals surface area contributed by atoms with Crippen LogP contribution in [0.1, 0.15) is 20.8 Å². The summed E-state index contributed by atoms with van der Waals surface area (Å²) in [4.78, 5) is 23.8. The molecule has 0 saturated heterocycles. The van der Waals surface area contributed by atoms with Crippen LogP contribution in [0.3, 0.4) is 0 Å². The quantitative estimate of drug-likeness (QED) is 0.552. The van der Waals surface area contributed by atoms with Gasteiger partial charge in [-0.2, -0.15) is 0 Å². The molecule has 0 aliphatic heterocycles. The van der Waals surface area contributed by atoms with E-state index in [4.69, 9.17) is 4.74 Å². The smallest absolute Gasteiger partial charge is 0.331 e. The van der Waals surface area contributed by atoms with E-state index in [-0.39, 0.29) is 5.91 Å². The van der Waals surface area contributed by atoms with E-state index in [0.717, 1.165) is 22.8 Å². The summed E-state index contributed by atoms with van der Waals surface area (Å²) in [7, 11) is 0. The predicted molar refractivity (Wildman–Crippen MR) is 104 cm³/mol. The molecule has 0 aliphatic rings. The maximum atomic E-state index is 12.3. The normalized spacial score (nSPS) is 12.6. The Morgan fingerprint density at radius 2 is 1.88 bits per heavy atom. The molecule has 1 aromatic heterocycles. The van der Waals surface area contributed by atoms with E-state index in [9.17, 15) is 9.59 Å². The first kappa shape index (κ1) is 17.7. The molecular formula is C21H22N2O3. The second kappa shape index (κ2) is 7.44. The minimum absolute atomic E-state index is 0.360. The van der Waals surface area contributed by atoms with E-state index in [1.165, 1.54) is 11.6 Å².